The Morgan fingerprint density at radius 1 is 1.08 bits per heavy atom. The van der Waals surface area contributed by atoms with Crippen molar-refractivity contribution in [2.75, 3.05) is 25.6 Å². The van der Waals surface area contributed by atoms with Gasteiger partial charge in [-0.25, -0.2) is 0 Å². The Bertz CT molecular complexity index is 876. The number of nitrogens with zero attached hydrogens (tertiary/aromatic N) is 1. The predicted molar refractivity (Wildman–Crippen MR) is 97.4 cm³/mol. The van der Waals surface area contributed by atoms with Gasteiger partial charge in [-0.2, -0.15) is 0 Å². The number of hydrogen-bond acceptors (Lipinski definition) is 4. The molecule has 1 aliphatic rings. The first-order valence-electron chi connectivity index (χ1n) is 8.38. The Balaban J connectivity index is 1.78. The van der Waals surface area contributed by atoms with Crippen LogP contribution in [0.25, 0.3) is 0 Å². The molecule has 6 nitrogen and oxygen atoms in total. The van der Waals surface area contributed by atoms with Crippen molar-refractivity contribution in [2.24, 2.45) is 0 Å². The Morgan fingerprint density at radius 3 is 2.58 bits per heavy atom. The number of amides is 3. The average Bonchev–Trinajstić information content (AvgIpc) is 2.86. The summed E-state index contributed by atoms with van der Waals surface area (Å²) in [6.07, 6.45) is 0.572. The molecule has 1 heterocycles. The van der Waals surface area contributed by atoms with E-state index in [0.717, 1.165) is 5.56 Å². The van der Waals surface area contributed by atoms with Crippen LogP contribution in [-0.2, 0) is 4.74 Å². The first-order valence-corrected chi connectivity index (χ1v) is 8.38. The fourth-order valence-corrected chi connectivity index (χ4v) is 2.93. The van der Waals surface area contributed by atoms with E-state index in [9.17, 15) is 14.4 Å². The van der Waals surface area contributed by atoms with E-state index in [1.165, 1.54) is 17.0 Å². The smallest absolute Gasteiger partial charge is 0.261 e. The molecule has 0 fully saturated rings. The molecule has 2 aromatic rings. The van der Waals surface area contributed by atoms with E-state index in [0.29, 0.717) is 36.4 Å². The molecule has 0 atom stereocenters. The van der Waals surface area contributed by atoms with Crippen LogP contribution < -0.4 is 5.32 Å². The molecular formula is C20H20N2O4. The van der Waals surface area contributed by atoms with Gasteiger partial charge in [-0.15, -0.1) is 0 Å². The second kappa shape index (κ2) is 7.49. The highest BCUT2D eigenvalue weighted by molar-refractivity contribution is 6.22. The van der Waals surface area contributed by atoms with Crippen molar-refractivity contribution in [3.8, 4) is 0 Å². The third-order valence-electron chi connectivity index (χ3n) is 4.24. The fourth-order valence-electron chi connectivity index (χ4n) is 2.93. The molecule has 134 valence electrons. The Labute approximate surface area is 151 Å². The van der Waals surface area contributed by atoms with Crippen molar-refractivity contribution in [2.45, 2.75) is 13.3 Å². The fraction of sp³-hybridized carbons (Fsp3) is 0.250. The maximum absolute atomic E-state index is 12.5. The number of methoxy groups -OCH3 is 1. The van der Waals surface area contributed by atoms with Gasteiger partial charge in [0.1, 0.15) is 0 Å². The van der Waals surface area contributed by atoms with Gasteiger partial charge in [0.05, 0.1) is 11.1 Å². The molecule has 0 saturated carbocycles. The van der Waals surface area contributed by atoms with Crippen molar-refractivity contribution < 1.29 is 19.1 Å². The highest BCUT2D eigenvalue weighted by Crippen LogP contribution is 2.24. The van der Waals surface area contributed by atoms with Crippen LogP contribution in [0.1, 0.15) is 43.1 Å². The number of carbonyl (C=O) groups is 3. The van der Waals surface area contributed by atoms with Crippen molar-refractivity contribution in [3.63, 3.8) is 0 Å². The molecule has 26 heavy (non-hydrogen) atoms. The van der Waals surface area contributed by atoms with Crippen LogP contribution in [0.2, 0.25) is 0 Å². The number of imide groups is 1. The Morgan fingerprint density at radius 2 is 1.85 bits per heavy atom. The highest BCUT2D eigenvalue weighted by atomic mass is 16.5. The molecule has 0 radical (unpaired) electrons. The molecule has 0 aromatic heterocycles. The average molecular weight is 352 g/mol. The SMILES string of the molecule is COCCCN1C(=O)c2ccc(C(=O)Nc3cccc(C)c3)cc2C1=O. The van der Waals surface area contributed by atoms with Crippen molar-refractivity contribution in [1.29, 1.82) is 0 Å². The van der Waals surface area contributed by atoms with Crippen molar-refractivity contribution in [1.82, 2.24) is 4.90 Å². The van der Waals surface area contributed by atoms with E-state index in [2.05, 4.69) is 5.32 Å². The molecule has 2 aromatic carbocycles. The van der Waals surface area contributed by atoms with Crippen molar-refractivity contribution in [3.05, 3.63) is 64.7 Å². The number of nitrogens with one attached hydrogen (secondary N) is 1. The lowest BCUT2D eigenvalue weighted by Crippen LogP contribution is -2.31. The van der Waals surface area contributed by atoms with Gasteiger partial charge in [-0.05, 0) is 49.2 Å². The maximum atomic E-state index is 12.5. The summed E-state index contributed by atoms with van der Waals surface area (Å²) in [6.45, 7) is 2.70. The monoisotopic (exact) mass is 352 g/mol. The summed E-state index contributed by atoms with van der Waals surface area (Å²) in [5.74, 6) is -1.02. The van der Waals surface area contributed by atoms with Gasteiger partial charge in [0.2, 0.25) is 0 Å². The van der Waals surface area contributed by atoms with Gasteiger partial charge < -0.3 is 10.1 Å². The van der Waals surface area contributed by atoms with Crippen LogP contribution in [0, 0.1) is 6.92 Å². The Hall–Kier alpha value is -2.99. The van der Waals surface area contributed by atoms with E-state index in [1.807, 2.05) is 25.1 Å². The van der Waals surface area contributed by atoms with E-state index in [1.54, 1.807) is 19.2 Å². The number of benzene rings is 2. The topological polar surface area (TPSA) is 75.7 Å². The van der Waals surface area contributed by atoms with Crippen LogP contribution >= 0.6 is 0 Å². The van der Waals surface area contributed by atoms with Gasteiger partial charge in [0, 0.05) is 31.5 Å². The molecule has 3 amide bonds. The molecule has 3 rings (SSSR count). The lowest BCUT2D eigenvalue weighted by Gasteiger charge is -2.12. The number of carbonyl (C=O) groups excluding carboxylic acids is 3. The van der Waals surface area contributed by atoms with E-state index in [-0.39, 0.29) is 23.3 Å². The number of rotatable bonds is 6. The predicted octanol–water partition coefficient (Wildman–Crippen LogP) is 2.88. The quantitative estimate of drug-likeness (QED) is 0.641. The summed E-state index contributed by atoms with van der Waals surface area (Å²) in [4.78, 5) is 38.6. The lowest BCUT2D eigenvalue weighted by atomic mass is 10.1. The standard InChI is InChI=1S/C20H20N2O4/c1-13-5-3-6-15(11-13)21-18(23)14-7-8-16-17(12-14)20(25)22(19(16)24)9-4-10-26-2/h3,5-8,11-12H,4,9-10H2,1-2H3,(H,21,23). The number of fused-ring (bicyclic) bond motifs is 1. The summed E-state index contributed by atoms with van der Waals surface area (Å²) < 4.78 is 4.96. The molecule has 1 N–H and O–H groups in total. The third kappa shape index (κ3) is 3.50. The molecular weight excluding hydrogens is 332 g/mol. The van der Waals surface area contributed by atoms with Crippen molar-refractivity contribution >= 4 is 23.4 Å². The number of hydrogen-bond donors (Lipinski definition) is 1. The molecule has 0 bridgehead atoms. The summed E-state index contributed by atoms with van der Waals surface area (Å²) in [5, 5.41) is 2.80. The largest absolute Gasteiger partial charge is 0.385 e. The number of ether oxygens (including phenoxy) is 1. The van der Waals surface area contributed by atoms with Crippen LogP contribution in [0.3, 0.4) is 0 Å². The first-order chi connectivity index (χ1) is 12.5. The lowest BCUT2D eigenvalue weighted by molar-refractivity contribution is 0.0638. The van der Waals surface area contributed by atoms with Crippen LogP contribution in [0.15, 0.2) is 42.5 Å². The zero-order valence-electron chi connectivity index (χ0n) is 14.7. The molecule has 1 aliphatic heterocycles. The second-order valence-corrected chi connectivity index (χ2v) is 6.19. The van der Waals surface area contributed by atoms with Crippen LogP contribution in [0.5, 0.6) is 0 Å². The highest BCUT2D eigenvalue weighted by Gasteiger charge is 2.35. The minimum Gasteiger partial charge on any atom is -0.385 e. The van der Waals surface area contributed by atoms with Gasteiger partial charge in [-0.1, -0.05) is 12.1 Å². The van der Waals surface area contributed by atoms with Gasteiger partial charge in [0.15, 0.2) is 0 Å². The van der Waals surface area contributed by atoms with E-state index < -0.39 is 0 Å². The Kier molecular flexibility index (Phi) is 5.14. The molecule has 0 unspecified atom stereocenters. The summed E-state index contributed by atoms with van der Waals surface area (Å²) >= 11 is 0. The minimum atomic E-state index is -0.369. The van der Waals surface area contributed by atoms with Gasteiger partial charge >= 0.3 is 0 Å². The third-order valence-corrected chi connectivity index (χ3v) is 4.24. The molecule has 0 spiro atoms. The first kappa shape index (κ1) is 17.8. The second-order valence-electron chi connectivity index (χ2n) is 6.19. The maximum Gasteiger partial charge on any atom is 0.261 e. The molecule has 0 aliphatic carbocycles. The summed E-state index contributed by atoms with van der Waals surface area (Å²) in [5.41, 5.74) is 2.65. The van der Waals surface area contributed by atoms with E-state index >= 15 is 0 Å². The number of aryl methyl sites for hydroxylation is 1. The zero-order valence-corrected chi connectivity index (χ0v) is 14.7. The summed E-state index contributed by atoms with van der Waals surface area (Å²) in [7, 11) is 1.57. The van der Waals surface area contributed by atoms with Gasteiger partial charge in [0.25, 0.3) is 17.7 Å². The summed E-state index contributed by atoms with van der Waals surface area (Å²) in [6, 6.07) is 12.0. The normalized spacial score (nSPS) is 13.1. The number of anilines is 1. The zero-order chi connectivity index (χ0) is 18.7. The molecule has 0 saturated heterocycles. The van der Waals surface area contributed by atoms with Crippen LogP contribution in [-0.4, -0.2) is 42.9 Å². The minimum absolute atomic E-state index is 0.268. The van der Waals surface area contributed by atoms with E-state index in [4.69, 9.17) is 4.74 Å². The van der Waals surface area contributed by atoms with Gasteiger partial charge in [-0.3, -0.25) is 19.3 Å². The molecule has 6 heteroatoms. The van der Waals surface area contributed by atoms with Crippen LogP contribution in [0.4, 0.5) is 5.69 Å².